The number of nitro benzene ring substituents is 1. The van der Waals surface area contributed by atoms with Crippen LogP contribution in [0.2, 0.25) is 0 Å². The molecule has 1 N–H and O–H groups in total. The summed E-state index contributed by atoms with van der Waals surface area (Å²) in [7, 11) is 0. The lowest BCUT2D eigenvalue weighted by atomic mass is 10.1. The number of rotatable bonds is 5. The molecule has 0 aliphatic carbocycles. The Morgan fingerprint density at radius 2 is 2.10 bits per heavy atom. The third-order valence-electron chi connectivity index (χ3n) is 4.23. The van der Waals surface area contributed by atoms with Crippen LogP contribution < -0.4 is 4.74 Å². The number of benzene rings is 2. The molecule has 0 bridgehead atoms. The summed E-state index contributed by atoms with van der Waals surface area (Å²) < 4.78 is 6.33. The number of halogens is 1. The van der Waals surface area contributed by atoms with Gasteiger partial charge in [-0.15, -0.1) is 0 Å². The third-order valence-corrected chi connectivity index (χ3v) is 5.53. The van der Waals surface area contributed by atoms with Gasteiger partial charge in [-0.1, -0.05) is 18.2 Å². The molecule has 1 amide bonds. The predicted molar refractivity (Wildman–Crippen MR) is 118 cm³/mol. The van der Waals surface area contributed by atoms with Crippen molar-refractivity contribution in [2.45, 2.75) is 6.61 Å². The van der Waals surface area contributed by atoms with Crippen molar-refractivity contribution in [3.63, 3.8) is 0 Å². The first-order valence-electron chi connectivity index (χ1n) is 8.51. The zero-order valence-electron chi connectivity index (χ0n) is 15.1. The van der Waals surface area contributed by atoms with E-state index in [1.54, 1.807) is 42.5 Å². The van der Waals surface area contributed by atoms with Crippen LogP contribution in [0.15, 0.2) is 62.6 Å². The number of amides is 1. The Hall–Kier alpha value is -3.31. The van der Waals surface area contributed by atoms with E-state index in [-0.39, 0.29) is 23.7 Å². The summed E-state index contributed by atoms with van der Waals surface area (Å²) in [5, 5.41) is 25.0. The highest BCUT2D eigenvalue weighted by molar-refractivity contribution is 9.10. The number of fused-ring (bicyclic) bond motifs is 1. The van der Waals surface area contributed by atoms with Crippen LogP contribution in [-0.2, 0) is 11.4 Å². The molecule has 2 aromatic carbocycles. The van der Waals surface area contributed by atoms with E-state index in [0.717, 1.165) is 0 Å². The normalized spacial score (nSPS) is 16.6. The van der Waals surface area contributed by atoms with Crippen LogP contribution in [-0.4, -0.2) is 32.4 Å². The van der Waals surface area contributed by atoms with Gasteiger partial charge in [0.2, 0.25) is 0 Å². The molecule has 0 aromatic heterocycles. The maximum absolute atomic E-state index is 12.3. The van der Waals surface area contributed by atoms with Gasteiger partial charge in [-0.3, -0.25) is 20.3 Å². The molecule has 30 heavy (non-hydrogen) atoms. The third kappa shape index (κ3) is 3.89. The van der Waals surface area contributed by atoms with Gasteiger partial charge < -0.3 is 4.74 Å². The van der Waals surface area contributed by atoms with Crippen LogP contribution in [0.1, 0.15) is 11.1 Å². The summed E-state index contributed by atoms with van der Waals surface area (Å²) in [6, 6.07) is 11.5. The van der Waals surface area contributed by atoms with Crippen LogP contribution >= 0.6 is 27.7 Å². The van der Waals surface area contributed by atoms with Gasteiger partial charge in [0.25, 0.3) is 11.6 Å². The standard InChI is InChI=1S/C19H12BrN5O4S/c20-14-8-11(7-13-17(21)24-19(23-18(13)26)30-10-22-24)5-6-16(14)29-9-12-3-1-2-4-15(12)25(27)28/h1-8,10,21H,9H2/b13-7-,21-17?. The molecule has 0 radical (unpaired) electrons. The van der Waals surface area contributed by atoms with Gasteiger partial charge in [0, 0.05) is 6.07 Å². The molecule has 0 fully saturated rings. The van der Waals surface area contributed by atoms with Crippen LogP contribution in [0.3, 0.4) is 0 Å². The Morgan fingerprint density at radius 3 is 2.87 bits per heavy atom. The molecule has 9 nitrogen and oxygen atoms in total. The Morgan fingerprint density at radius 1 is 1.30 bits per heavy atom. The number of thioether (sulfide) groups is 1. The van der Waals surface area contributed by atoms with Gasteiger partial charge in [0.1, 0.15) is 12.4 Å². The summed E-state index contributed by atoms with van der Waals surface area (Å²) >= 11 is 4.60. The van der Waals surface area contributed by atoms with Crippen molar-refractivity contribution in [2.75, 3.05) is 0 Å². The summed E-state index contributed by atoms with van der Waals surface area (Å²) in [4.78, 5) is 26.9. The van der Waals surface area contributed by atoms with E-state index in [2.05, 4.69) is 26.0 Å². The lowest BCUT2D eigenvalue weighted by Gasteiger charge is -2.20. The molecule has 2 aliphatic rings. The Kier molecular flexibility index (Phi) is 5.46. The molecular weight excluding hydrogens is 474 g/mol. The molecule has 2 heterocycles. The number of hydrogen-bond acceptors (Lipinski definition) is 7. The number of nitrogens with one attached hydrogen (secondary N) is 1. The van der Waals surface area contributed by atoms with E-state index in [0.29, 0.717) is 26.5 Å². The molecule has 11 heteroatoms. The van der Waals surface area contributed by atoms with E-state index >= 15 is 0 Å². The highest BCUT2D eigenvalue weighted by Crippen LogP contribution is 2.30. The van der Waals surface area contributed by atoms with Gasteiger partial charge in [0.05, 0.1) is 26.1 Å². The number of hydrogen-bond donors (Lipinski definition) is 1. The minimum atomic E-state index is -0.503. The van der Waals surface area contributed by atoms with E-state index in [1.165, 1.54) is 28.4 Å². The SMILES string of the molecule is N=C1/C(=C/c2ccc(OCc3ccccc3[N+](=O)[O-])c(Br)c2)C(=O)N=C2SC=NN12. The van der Waals surface area contributed by atoms with Gasteiger partial charge in [0.15, 0.2) is 11.0 Å². The number of hydrazone groups is 1. The molecule has 2 aliphatic heterocycles. The van der Waals surface area contributed by atoms with Gasteiger partial charge in [-0.2, -0.15) is 15.1 Å². The number of nitro groups is 1. The average Bonchev–Trinajstić information content (AvgIpc) is 3.19. The maximum Gasteiger partial charge on any atom is 0.283 e. The minimum absolute atomic E-state index is 0.00745. The Balaban J connectivity index is 1.54. The second-order valence-corrected chi connectivity index (χ2v) is 7.79. The number of aliphatic imine (C=N–C) groups is 1. The van der Waals surface area contributed by atoms with Crippen molar-refractivity contribution in [1.82, 2.24) is 5.01 Å². The average molecular weight is 486 g/mol. The van der Waals surface area contributed by atoms with Crippen molar-refractivity contribution in [2.24, 2.45) is 10.1 Å². The zero-order valence-corrected chi connectivity index (χ0v) is 17.5. The first-order chi connectivity index (χ1) is 14.4. The molecule has 4 rings (SSSR count). The lowest BCUT2D eigenvalue weighted by Crippen LogP contribution is -2.35. The molecule has 0 unspecified atom stereocenters. The fourth-order valence-corrected chi connectivity index (χ4v) is 3.91. The molecule has 0 spiro atoms. The number of amidine groups is 2. The van der Waals surface area contributed by atoms with E-state index < -0.39 is 10.8 Å². The molecular formula is C19H12BrN5O4S. The largest absolute Gasteiger partial charge is 0.487 e. The highest BCUT2D eigenvalue weighted by Gasteiger charge is 2.32. The summed E-state index contributed by atoms with van der Waals surface area (Å²) in [6.07, 6.45) is 1.56. The number of ether oxygens (including phenoxy) is 1. The van der Waals surface area contributed by atoms with Crippen molar-refractivity contribution in [3.8, 4) is 5.75 Å². The van der Waals surface area contributed by atoms with Crippen molar-refractivity contribution >= 4 is 61.9 Å². The highest BCUT2D eigenvalue weighted by atomic mass is 79.9. The molecule has 0 atom stereocenters. The van der Waals surface area contributed by atoms with Crippen LogP contribution in [0.4, 0.5) is 5.69 Å². The minimum Gasteiger partial charge on any atom is -0.487 e. The number of nitrogens with zero attached hydrogens (tertiary/aromatic N) is 4. The van der Waals surface area contributed by atoms with Crippen LogP contribution in [0, 0.1) is 15.5 Å². The van der Waals surface area contributed by atoms with Gasteiger partial charge >= 0.3 is 0 Å². The second kappa shape index (κ2) is 8.20. The summed E-state index contributed by atoms with van der Waals surface area (Å²) in [5.41, 5.74) is 2.75. The first-order valence-corrected chi connectivity index (χ1v) is 10.2. The number of para-hydroxylation sites is 1. The van der Waals surface area contributed by atoms with Crippen molar-refractivity contribution in [1.29, 1.82) is 5.41 Å². The second-order valence-electron chi connectivity index (χ2n) is 6.12. The predicted octanol–water partition coefficient (Wildman–Crippen LogP) is 4.19. The van der Waals surface area contributed by atoms with Gasteiger partial charge in [-0.25, -0.2) is 0 Å². The smallest absolute Gasteiger partial charge is 0.283 e. The summed E-state index contributed by atoms with van der Waals surface area (Å²) in [5.74, 6) is -0.0580. The zero-order chi connectivity index (χ0) is 21.3. The van der Waals surface area contributed by atoms with E-state index in [1.807, 2.05) is 0 Å². The van der Waals surface area contributed by atoms with Crippen LogP contribution in [0.25, 0.3) is 6.08 Å². The fourth-order valence-electron chi connectivity index (χ4n) is 2.79. The summed E-state index contributed by atoms with van der Waals surface area (Å²) in [6.45, 7) is 0.0292. The maximum atomic E-state index is 12.3. The molecule has 150 valence electrons. The van der Waals surface area contributed by atoms with E-state index in [4.69, 9.17) is 10.1 Å². The quantitative estimate of drug-likeness (QED) is 0.385. The number of carbonyl (C=O) groups excluding carboxylic acids is 1. The number of carbonyl (C=O) groups is 1. The topological polar surface area (TPSA) is 121 Å². The molecule has 0 saturated heterocycles. The fraction of sp³-hybridized carbons (Fsp3) is 0.0526. The van der Waals surface area contributed by atoms with Crippen molar-refractivity contribution < 1.29 is 14.5 Å². The first kappa shape index (κ1) is 20.0. The van der Waals surface area contributed by atoms with E-state index in [9.17, 15) is 14.9 Å². The van der Waals surface area contributed by atoms with Crippen LogP contribution in [0.5, 0.6) is 5.75 Å². The van der Waals surface area contributed by atoms with Crippen molar-refractivity contribution in [3.05, 3.63) is 73.8 Å². The monoisotopic (exact) mass is 485 g/mol. The lowest BCUT2D eigenvalue weighted by molar-refractivity contribution is -0.385. The molecule has 0 saturated carbocycles. The molecule has 2 aromatic rings. The Bertz CT molecular complexity index is 1180. The Labute approximate surface area is 182 Å². The van der Waals surface area contributed by atoms with Gasteiger partial charge in [-0.05, 0) is 57.5 Å².